The molecule has 25 heavy (non-hydrogen) atoms. The molecule has 140 valence electrons. The lowest BCUT2D eigenvalue weighted by Gasteiger charge is -2.34. The predicted octanol–water partition coefficient (Wildman–Crippen LogP) is 1.91. The molecule has 6 nitrogen and oxygen atoms in total. The van der Waals surface area contributed by atoms with Crippen molar-refractivity contribution >= 4 is 15.9 Å². The summed E-state index contributed by atoms with van der Waals surface area (Å²) in [6, 6.07) is 6.14. The minimum absolute atomic E-state index is 0.0634. The highest BCUT2D eigenvalue weighted by Crippen LogP contribution is 2.22. The zero-order valence-electron chi connectivity index (χ0n) is 15.5. The number of hydrogen-bond donors (Lipinski definition) is 1. The highest BCUT2D eigenvalue weighted by atomic mass is 32.2. The van der Waals surface area contributed by atoms with E-state index in [1.165, 1.54) is 16.4 Å². The van der Waals surface area contributed by atoms with Crippen molar-refractivity contribution in [3.05, 3.63) is 29.8 Å². The number of likely N-dealkylation sites (tertiary alicyclic amines) is 1. The van der Waals surface area contributed by atoms with E-state index in [1.54, 1.807) is 19.2 Å². The van der Waals surface area contributed by atoms with Gasteiger partial charge in [0.25, 0.3) is 5.91 Å². The number of carbonyl (C=O) groups is 1. The molecule has 1 amide bonds. The van der Waals surface area contributed by atoms with Crippen molar-refractivity contribution in [2.75, 3.05) is 20.1 Å². The van der Waals surface area contributed by atoms with E-state index in [9.17, 15) is 13.2 Å². The lowest BCUT2D eigenvalue weighted by molar-refractivity contribution is 0.0661. The Morgan fingerprint density at radius 2 is 1.84 bits per heavy atom. The maximum absolute atomic E-state index is 12.7. The van der Waals surface area contributed by atoms with Crippen LogP contribution in [0.4, 0.5) is 0 Å². The molecule has 1 fully saturated rings. The first-order valence-electron chi connectivity index (χ1n) is 8.77. The number of carbonyl (C=O) groups excluding carboxylic acids is 1. The van der Waals surface area contributed by atoms with Crippen molar-refractivity contribution < 1.29 is 13.2 Å². The van der Waals surface area contributed by atoms with Crippen LogP contribution in [0.1, 0.15) is 44.0 Å². The standard InChI is InChI=1S/C18H29N3O3S/c1-13(2)20(4)25(23,24)17-9-7-15(8-10-17)18(22)21-11-5-6-16(12-21)14(3)19/h7-10,13-14,16H,5-6,11-12,19H2,1-4H3. The molecule has 1 aliphatic rings. The highest BCUT2D eigenvalue weighted by molar-refractivity contribution is 7.89. The van der Waals surface area contributed by atoms with Crippen LogP contribution in [0.2, 0.25) is 0 Å². The molecule has 1 aromatic rings. The minimum atomic E-state index is -3.53. The largest absolute Gasteiger partial charge is 0.338 e. The lowest BCUT2D eigenvalue weighted by Crippen LogP contribution is -2.45. The molecule has 0 radical (unpaired) electrons. The summed E-state index contributed by atoms with van der Waals surface area (Å²) < 4.78 is 26.3. The first kappa shape index (κ1) is 19.9. The van der Waals surface area contributed by atoms with E-state index >= 15 is 0 Å². The summed E-state index contributed by atoms with van der Waals surface area (Å²) in [5.41, 5.74) is 6.49. The molecule has 1 aromatic carbocycles. The summed E-state index contributed by atoms with van der Waals surface area (Å²) in [7, 11) is -1.98. The smallest absolute Gasteiger partial charge is 0.253 e. The summed E-state index contributed by atoms with van der Waals surface area (Å²) in [6.07, 6.45) is 1.99. The van der Waals surface area contributed by atoms with E-state index in [0.717, 1.165) is 19.4 Å². The molecule has 2 N–H and O–H groups in total. The zero-order valence-corrected chi connectivity index (χ0v) is 16.3. The number of piperidine rings is 1. The predicted molar refractivity (Wildman–Crippen MR) is 98.8 cm³/mol. The molecular formula is C18H29N3O3S. The number of amides is 1. The fourth-order valence-electron chi connectivity index (χ4n) is 3.02. The Morgan fingerprint density at radius 3 is 2.36 bits per heavy atom. The Morgan fingerprint density at radius 1 is 1.24 bits per heavy atom. The van der Waals surface area contributed by atoms with Gasteiger partial charge >= 0.3 is 0 Å². The topological polar surface area (TPSA) is 83.7 Å². The van der Waals surface area contributed by atoms with Gasteiger partial charge in [-0.2, -0.15) is 4.31 Å². The van der Waals surface area contributed by atoms with Gasteiger partial charge in [-0.1, -0.05) is 0 Å². The average Bonchev–Trinajstić information content (AvgIpc) is 2.60. The molecule has 0 saturated carbocycles. The van der Waals surface area contributed by atoms with Gasteiger partial charge in [0.1, 0.15) is 0 Å². The molecule has 2 unspecified atom stereocenters. The lowest BCUT2D eigenvalue weighted by atomic mass is 9.92. The Kier molecular flexibility index (Phi) is 6.24. The molecular weight excluding hydrogens is 338 g/mol. The zero-order chi connectivity index (χ0) is 18.8. The summed E-state index contributed by atoms with van der Waals surface area (Å²) >= 11 is 0. The second kappa shape index (κ2) is 7.85. The van der Waals surface area contributed by atoms with Crippen molar-refractivity contribution in [3.63, 3.8) is 0 Å². The van der Waals surface area contributed by atoms with Crippen molar-refractivity contribution in [2.24, 2.45) is 11.7 Å². The number of hydrogen-bond acceptors (Lipinski definition) is 4. The molecule has 0 aliphatic carbocycles. The number of sulfonamides is 1. The second-order valence-electron chi connectivity index (χ2n) is 7.15. The maximum atomic E-state index is 12.7. The van der Waals surface area contributed by atoms with E-state index < -0.39 is 10.0 Å². The van der Waals surface area contributed by atoms with Crippen LogP contribution < -0.4 is 5.73 Å². The summed E-state index contributed by atoms with van der Waals surface area (Å²) in [4.78, 5) is 14.7. The minimum Gasteiger partial charge on any atom is -0.338 e. The van der Waals surface area contributed by atoms with Gasteiger partial charge in [-0.15, -0.1) is 0 Å². The molecule has 0 bridgehead atoms. The van der Waals surface area contributed by atoms with Crippen molar-refractivity contribution in [3.8, 4) is 0 Å². The Labute approximate surface area is 151 Å². The quantitative estimate of drug-likeness (QED) is 0.862. The number of benzene rings is 1. The molecule has 1 heterocycles. The Bertz CT molecular complexity index is 699. The van der Waals surface area contributed by atoms with Crippen molar-refractivity contribution in [1.29, 1.82) is 0 Å². The second-order valence-corrected chi connectivity index (χ2v) is 9.15. The highest BCUT2D eigenvalue weighted by Gasteiger charge is 2.27. The molecule has 2 rings (SSSR count). The van der Waals surface area contributed by atoms with Gasteiger partial charge in [0, 0.05) is 37.8 Å². The summed E-state index contributed by atoms with van der Waals surface area (Å²) in [6.45, 7) is 7.00. The first-order chi connectivity index (χ1) is 11.6. The van der Waals surface area contributed by atoms with Crippen molar-refractivity contribution in [2.45, 2.75) is 50.6 Å². The Hall–Kier alpha value is -1.44. The van der Waals surface area contributed by atoms with E-state index in [-0.39, 0.29) is 22.9 Å². The maximum Gasteiger partial charge on any atom is 0.253 e. The van der Waals surface area contributed by atoms with Gasteiger partial charge in [-0.25, -0.2) is 8.42 Å². The van der Waals surface area contributed by atoms with Gasteiger partial charge in [0.15, 0.2) is 0 Å². The van der Waals surface area contributed by atoms with Crippen LogP contribution in [0, 0.1) is 5.92 Å². The SMILES string of the molecule is CC(N)C1CCCN(C(=O)c2ccc(S(=O)(=O)N(C)C(C)C)cc2)C1. The van der Waals surface area contributed by atoms with Crippen LogP contribution in [0.5, 0.6) is 0 Å². The third kappa shape index (κ3) is 4.40. The molecule has 2 atom stereocenters. The number of nitrogens with two attached hydrogens (primary N) is 1. The molecule has 1 saturated heterocycles. The summed E-state index contributed by atoms with van der Waals surface area (Å²) in [5, 5.41) is 0. The van der Waals surface area contributed by atoms with Gasteiger partial charge in [-0.3, -0.25) is 4.79 Å². The normalized spacial score (nSPS) is 20.1. The van der Waals surface area contributed by atoms with Crippen LogP contribution in [0.25, 0.3) is 0 Å². The summed E-state index contributed by atoms with van der Waals surface area (Å²) in [5.74, 6) is 0.253. The third-order valence-corrected chi connectivity index (χ3v) is 7.04. The number of rotatable bonds is 5. The fourth-order valence-corrected chi connectivity index (χ4v) is 4.39. The van der Waals surface area contributed by atoms with Crippen LogP contribution >= 0.6 is 0 Å². The van der Waals surface area contributed by atoms with E-state index in [0.29, 0.717) is 18.0 Å². The van der Waals surface area contributed by atoms with E-state index in [2.05, 4.69) is 0 Å². The molecule has 1 aliphatic heterocycles. The van der Waals surface area contributed by atoms with Crippen molar-refractivity contribution in [1.82, 2.24) is 9.21 Å². The van der Waals surface area contributed by atoms with E-state index in [1.807, 2.05) is 25.7 Å². The molecule has 0 spiro atoms. The van der Waals surface area contributed by atoms with Crippen LogP contribution in [0.15, 0.2) is 29.2 Å². The number of nitrogens with zero attached hydrogens (tertiary/aromatic N) is 2. The monoisotopic (exact) mass is 367 g/mol. The van der Waals surface area contributed by atoms with Gasteiger partial charge in [0.2, 0.25) is 10.0 Å². The van der Waals surface area contributed by atoms with Crippen LogP contribution in [-0.4, -0.2) is 55.8 Å². The van der Waals surface area contributed by atoms with Crippen LogP contribution in [-0.2, 0) is 10.0 Å². The molecule has 7 heteroatoms. The Balaban J connectivity index is 2.15. The van der Waals surface area contributed by atoms with Gasteiger partial charge < -0.3 is 10.6 Å². The first-order valence-corrected chi connectivity index (χ1v) is 10.2. The third-order valence-electron chi connectivity index (χ3n) is 4.99. The van der Waals surface area contributed by atoms with Gasteiger partial charge in [-0.05, 0) is 63.8 Å². The fraction of sp³-hybridized carbons (Fsp3) is 0.611. The molecule has 0 aromatic heterocycles. The van der Waals surface area contributed by atoms with Gasteiger partial charge in [0.05, 0.1) is 4.90 Å². The van der Waals surface area contributed by atoms with E-state index in [4.69, 9.17) is 5.73 Å². The van der Waals surface area contributed by atoms with Crippen LogP contribution in [0.3, 0.4) is 0 Å². The average molecular weight is 368 g/mol.